The molecule has 1 fully saturated rings. The number of pyridine rings is 1. The number of halogens is 2. The zero-order valence-electron chi connectivity index (χ0n) is 20.2. The number of fused-ring (bicyclic) bond motifs is 1. The second-order valence-corrected chi connectivity index (χ2v) is 11.5. The van der Waals surface area contributed by atoms with E-state index in [1.807, 2.05) is 6.92 Å². The summed E-state index contributed by atoms with van der Waals surface area (Å²) in [6, 6.07) is 7.53. The van der Waals surface area contributed by atoms with Crippen molar-refractivity contribution in [1.29, 1.82) is 0 Å². The van der Waals surface area contributed by atoms with Crippen molar-refractivity contribution in [3.8, 4) is 11.4 Å². The molecule has 1 aromatic carbocycles. The molecule has 1 aliphatic rings. The highest BCUT2D eigenvalue weighted by Gasteiger charge is 2.27. The van der Waals surface area contributed by atoms with Crippen molar-refractivity contribution >= 4 is 44.6 Å². The van der Waals surface area contributed by atoms with E-state index in [-0.39, 0.29) is 39.3 Å². The van der Waals surface area contributed by atoms with Crippen molar-refractivity contribution in [3.63, 3.8) is 0 Å². The number of carbonyl (C=O) groups is 1. The first kappa shape index (κ1) is 25.9. The Morgan fingerprint density at radius 2 is 1.89 bits per heavy atom. The number of nitrogens with one attached hydrogen (secondary N) is 2. The summed E-state index contributed by atoms with van der Waals surface area (Å²) in [5.74, 6) is -0.667. The maximum atomic E-state index is 14.7. The van der Waals surface area contributed by atoms with Crippen molar-refractivity contribution in [2.45, 2.75) is 49.6 Å². The molecule has 38 heavy (non-hydrogen) atoms. The van der Waals surface area contributed by atoms with E-state index < -0.39 is 21.9 Å². The Labute approximate surface area is 223 Å². The molecule has 0 bridgehead atoms. The van der Waals surface area contributed by atoms with Crippen molar-refractivity contribution in [3.05, 3.63) is 65.3 Å². The molecule has 3 heterocycles. The Bertz CT molecular complexity index is 1630. The number of hydrogen-bond donors (Lipinski definition) is 3. The van der Waals surface area contributed by atoms with Crippen LogP contribution in [-0.4, -0.2) is 50.6 Å². The lowest BCUT2D eigenvalue weighted by molar-refractivity contribution is 0.185. The molecule has 10 nitrogen and oxygen atoms in total. The molecule has 0 spiro atoms. The van der Waals surface area contributed by atoms with E-state index in [1.165, 1.54) is 24.5 Å². The van der Waals surface area contributed by atoms with Gasteiger partial charge in [-0.1, -0.05) is 29.3 Å². The average Bonchev–Trinajstić information content (AvgIpc) is 3.25. The average molecular weight is 559 g/mol. The molecule has 5 rings (SSSR count). The zero-order chi connectivity index (χ0) is 27.0. The van der Waals surface area contributed by atoms with Crippen LogP contribution in [0.4, 0.5) is 15.0 Å². The predicted molar refractivity (Wildman–Crippen MR) is 140 cm³/mol. The predicted octanol–water partition coefficient (Wildman–Crippen LogP) is 4.82. The van der Waals surface area contributed by atoms with Gasteiger partial charge in [0.05, 0.1) is 16.1 Å². The van der Waals surface area contributed by atoms with Gasteiger partial charge in [-0.05, 0) is 50.8 Å². The van der Waals surface area contributed by atoms with Crippen molar-refractivity contribution in [2.24, 2.45) is 0 Å². The Hall–Kier alpha value is -3.77. The number of nitrogens with zero attached hydrogens (tertiary/aromatic N) is 4. The van der Waals surface area contributed by atoms with Crippen LogP contribution in [0, 0.1) is 12.7 Å². The largest absolute Gasteiger partial charge is 0.465 e. The minimum absolute atomic E-state index is 0.0618. The molecule has 1 aliphatic carbocycles. The number of aryl methyl sites for hydroxylation is 1. The molecule has 2 atom stereocenters. The minimum Gasteiger partial charge on any atom is -0.465 e. The molecule has 198 valence electrons. The van der Waals surface area contributed by atoms with Gasteiger partial charge in [0, 0.05) is 35.4 Å². The Morgan fingerprint density at radius 1 is 1.16 bits per heavy atom. The van der Waals surface area contributed by atoms with Gasteiger partial charge in [0.15, 0.2) is 23.1 Å². The summed E-state index contributed by atoms with van der Waals surface area (Å²) in [5, 5.41) is 15.2. The van der Waals surface area contributed by atoms with Crippen molar-refractivity contribution in [2.75, 3.05) is 5.32 Å². The summed E-state index contributed by atoms with van der Waals surface area (Å²) in [4.78, 5) is 23.8. The summed E-state index contributed by atoms with van der Waals surface area (Å²) in [5.41, 5.74) is 1.35. The quantitative estimate of drug-likeness (QED) is 0.306. The summed E-state index contributed by atoms with van der Waals surface area (Å²) in [7, 11) is -4.03. The van der Waals surface area contributed by atoms with Gasteiger partial charge in [0.2, 0.25) is 0 Å². The van der Waals surface area contributed by atoms with Crippen LogP contribution in [0.1, 0.15) is 31.2 Å². The molecular weight excluding hydrogens is 535 g/mol. The van der Waals surface area contributed by atoms with E-state index in [4.69, 9.17) is 16.7 Å². The standard InChI is InChI=1S/C25H24ClFN6O4S/c1-14-5-7-18(8-6-14)38(36,37)33-13-20(19-9-15(26)11-29-24(19)33)22-28-12-21(27)23(32-22)30-16-3-2-4-17(10-16)31-25(34)35/h5-9,11-13,16-17,31H,2-4,10H2,1H3,(H,34,35)(H,28,30,32). The zero-order valence-corrected chi connectivity index (χ0v) is 21.8. The van der Waals surface area contributed by atoms with E-state index in [9.17, 15) is 17.6 Å². The molecule has 0 radical (unpaired) electrons. The molecule has 1 amide bonds. The van der Waals surface area contributed by atoms with Crippen LogP contribution in [0.3, 0.4) is 0 Å². The third kappa shape index (κ3) is 5.14. The number of anilines is 1. The van der Waals surface area contributed by atoms with Gasteiger partial charge in [-0.25, -0.2) is 36.5 Å². The van der Waals surface area contributed by atoms with Gasteiger partial charge in [0.25, 0.3) is 10.0 Å². The van der Waals surface area contributed by atoms with E-state index in [1.54, 1.807) is 18.2 Å². The van der Waals surface area contributed by atoms with E-state index >= 15 is 0 Å². The topological polar surface area (TPSA) is 139 Å². The van der Waals surface area contributed by atoms with Gasteiger partial charge < -0.3 is 15.7 Å². The van der Waals surface area contributed by atoms with Crippen LogP contribution in [0.5, 0.6) is 0 Å². The lowest BCUT2D eigenvalue weighted by Gasteiger charge is -2.30. The first-order valence-corrected chi connectivity index (χ1v) is 13.7. The van der Waals surface area contributed by atoms with Gasteiger partial charge in [-0.15, -0.1) is 0 Å². The maximum absolute atomic E-state index is 14.7. The number of benzene rings is 1. The third-order valence-corrected chi connectivity index (χ3v) is 8.35. The Kier molecular flexibility index (Phi) is 6.93. The van der Waals surface area contributed by atoms with E-state index in [0.29, 0.717) is 30.2 Å². The summed E-state index contributed by atoms with van der Waals surface area (Å²) in [6.45, 7) is 1.86. The number of amides is 1. The van der Waals surface area contributed by atoms with Crippen LogP contribution in [-0.2, 0) is 10.0 Å². The normalized spacial score (nSPS) is 17.9. The molecule has 13 heteroatoms. The number of carboxylic acid groups (broad SMARTS) is 1. The molecule has 1 saturated carbocycles. The lowest BCUT2D eigenvalue weighted by Crippen LogP contribution is -2.41. The molecule has 0 aliphatic heterocycles. The molecule has 4 aromatic rings. The molecule has 3 aromatic heterocycles. The Balaban J connectivity index is 1.54. The molecular formula is C25H24ClFN6O4S. The summed E-state index contributed by atoms with van der Waals surface area (Å²) >= 11 is 6.19. The monoisotopic (exact) mass is 558 g/mol. The van der Waals surface area contributed by atoms with Crippen LogP contribution in [0.25, 0.3) is 22.4 Å². The first-order valence-electron chi connectivity index (χ1n) is 11.9. The number of aromatic nitrogens is 4. The van der Waals surface area contributed by atoms with E-state index in [2.05, 4.69) is 25.6 Å². The maximum Gasteiger partial charge on any atom is 0.404 e. The summed E-state index contributed by atoms with van der Waals surface area (Å²) < 4.78 is 42.8. The van der Waals surface area contributed by atoms with Crippen molar-refractivity contribution in [1.82, 2.24) is 24.2 Å². The number of rotatable bonds is 6. The minimum atomic E-state index is -4.03. The van der Waals surface area contributed by atoms with Crippen LogP contribution in [0.15, 0.2) is 53.8 Å². The number of hydrogen-bond acceptors (Lipinski definition) is 7. The highest BCUT2D eigenvalue weighted by Crippen LogP contribution is 2.33. The fraction of sp³-hybridized carbons (Fsp3) is 0.280. The molecule has 2 unspecified atom stereocenters. The van der Waals surface area contributed by atoms with E-state index in [0.717, 1.165) is 22.2 Å². The fourth-order valence-corrected chi connectivity index (χ4v) is 6.14. The molecule has 3 N–H and O–H groups in total. The fourth-order valence-electron chi connectivity index (χ4n) is 4.66. The smallest absolute Gasteiger partial charge is 0.404 e. The second-order valence-electron chi connectivity index (χ2n) is 9.23. The van der Waals surface area contributed by atoms with Crippen LogP contribution in [0.2, 0.25) is 5.02 Å². The van der Waals surface area contributed by atoms with Gasteiger partial charge in [-0.3, -0.25) is 0 Å². The van der Waals surface area contributed by atoms with Crippen molar-refractivity contribution < 1.29 is 22.7 Å². The van der Waals surface area contributed by atoms with Crippen LogP contribution >= 0.6 is 11.6 Å². The lowest BCUT2D eigenvalue weighted by atomic mass is 9.91. The van der Waals surface area contributed by atoms with Gasteiger partial charge in [-0.2, -0.15) is 0 Å². The Morgan fingerprint density at radius 3 is 2.63 bits per heavy atom. The van der Waals surface area contributed by atoms with Crippen LogP contribution < -0.4 is 10.6 Å². The first-order chi connectivity index (χ1) is 18.1. The van der Waals surface area contributed by atoms with Gasteiger partial charge >= 0.3 is 6.09 Å². The molecule has 0 saturated heterocycles. The second kappa shape index (κ2) is 10.2. The third-order valence-electron chi connectivity index (χ3n) is 6.48. The van der Waals surface area contributed by atoms with Gasteiger partial charge in [0.1, 0.15) is 0 Å². The SMILES string of the molecule is Cc1ccc(S(=O)(=O)n2cc(-c3ncc(F)c(NC4CCCC(NC(=O)O)C4)n3)c3cc(Cl)cnc32)cc1. The summed E-state index contributed by atoms with van der Waals surface area (Å²) in [6.07, 6.45) is 5.25. The highest BCUT2D eigenvalue weighted by atomic mass is 35.5. The highest BCUT2D eigenvalue weighted by molar-refractivity contribution is 7.90.